The zero-order chi connectivity index (χ0) is 10.9. The van der Waals surface area contributed by atoms with Gasteiger partial charge in [0.15, 0.2) is 0 Å². The Hall–Kier alpha value is -1.77. The van der Waals surface area contributed by atoms with Crippen molar-refractivity contribution in [3.63, 3.8) is 0 Å². The Morgan fingerprint density at radius 1 is 1.14 bits per heavy atom. The van der Waals surface area contributed by atoms with Crippen molar-refractivity contribution in [1.82, 2.24) is 0 Å². The maximum Gasteiger partial charge on any atom is 0.336 e. The number of carboxylic acids is 1. The largest absolute Gasteiger partial charge is 0.508 e. The fraction of sp³-hybridized carbons (Fsp3) is 0.182. The highest BCUT2D eigenvalue weighted by atomic mass is 16.4. The van der Waals surface area contributed by atoms with Crippen LogP contribution in [-0.2, 0) is 0 Å². The Balaban J connectivity index is 3.58. The van der Waals surface area contributed by atoms with Crippen molar-refractivity contribution in [2.24, 2.45) is 0 Å². The standard InChI is InChI=1S/C11H12O3/c1-6-4-5-7(2)10(11(13)14)9(6)8(3)12/h4-5,12H,3H2,1-2H3,(H,13,14). The van der Waals surface area contributed by atoms with Crippen LogP contribution in [0.15, 0.2) is 18.7 Å². The van der Waals surface area contributed by atoms with Crippen LogP contribution in [0.3, 0.4) is 0 Å². The first-order chi connectivity index (χ1) is 6.45. The summed E-state index contributed by atoms with van der Waals surface area (Å²) in [6.45, 7) is 6.79. The second-order valence-electron chi connectivity index (χ2n) is 3.20. The van der Waals surface area contributed by atoms with Crippen LogP contribution in [-0.4, -0.2) is 16.2 Å². The maximum atomic E-state index is 10.9. The molecule has 0 radical (unpaired) electrons. The molecule has 0 aromatic heterocycles. The summed E-state index contributed by atoms with van der Waals surface area (Å²) >= 11 is 0. The number of carboxylic acid groups (broad SMARTS) is 1. The third kappa shape index (κ3) is 1.62. The molecule has 1 aromatic carbocycles. The summed E-state index contributed by atoms with van der Waals surface area (Å²) < 4.78 is 0. The Labute approximate surface area is 82.3 Å². The van der Waals surface area contributed by atoms with E-state index in [1.807, 2.05) is 0 Å². The molecule has 1 aromatic rings. The summed E-state index contributed by atoms with van der Waals surface area (Å²) in [4.78, 5) is 10.9. The molecule has 3 nitrogen and oxygen atoms in total. The quantitative estimate of drug-likeness (QED) is 0.708. The molecule has 0 saturated carbocycles. The van der Waals surface area contributed by atoms with Crippen LogP contribution in [0.5, 0.6) is 0 Å². The molecule has 2 N–H and O–H groups in total. The molecule has 0 amide bonds. The van der Waals surface area contributed by atoms with E-state index in [0.29, 0.717) is 16.7 Å². The molecular weight excluding hydrogens is 180 g/mol. The molecular formula is C11H12O3. The zero-order valence-electron chi connectivity index (χ0n) is 8.16. The van der Waals surface area contributed by atoms with Crippen molar-refractivity contribution in [2.75, 3.05) is 0 Å². The van der Waals surface area contributed by atoms with Crippen LogP contribution < -0.4 is 0 Å². The van der Waals surface area contributed by atoms with E-state index in [4.69, 9.17) is 5.11 Å². The van der Waals surface area contributed by atoms with Gasteiger partial charge in [-0.25, -0.2) is 4.79 Å². The summed E-state index contributed by atoms with van der Waals surface area (Å²) in [5.74, 6) is -1.25. The summed E-state index contributed by atoms with van der Waals surface area (Å²) in [5, 5.41) is 18.3. The fourth-order valence-corrected chi connectivity index (χ4v) is 1.46. The monoisotopic (exact) mass is 192 g/mol. The molecule has 0 saturated heterocycles. The molecule has 3 heteroatoms. The van der Waals surface area contributed by atoms with Gasteiger partial charge in [0.2, 0.25) is 0 Å². The number of rotatable bonds is 2. The fourth-order valence-electron chi connectivity index (χ4n) is 1.46. The minimum Gasteiger partial charge on any atom is -0.508 e. The molecule has 0 bridgehead atoms. The average Bonchev–Trinajstić information content (AvgIpc) is 2.07. The predicted molar refractivity (Wildman–Crippen MR) is 54.5 cm³/mol. The highest BCUT2D eigenvalue weighted by Crippen LogP contribution is 2.23. The SMILES string of the molecule is C=C(O)c1c(C)ccc(C)c1C(=O)O. The van der Waals surface area contributed by atoms with E-state index in [2.05, 4.69) is 6.58 Å². The van der Waals surface area contributed by atoms with E-state index >= 15 is 0 Å². The molecule has 0 spiro atoms. The van der Waals surface area contributed by atoms with Crippen molar-refractivity contribution in [1.29, 1.82) is 0 Å². The van der Waals surface area contributed by atoms with E-state index in [0.717, 1.165) is 0 Å². The summed E-state index contributed by atoms with van der Waals surface area (Å²) in [6, 6.07) is 3.48. The normalized spacial score (nSPS) is 9.86. The van der Waals surface area contributed by atoms with Crippen molar-refractivity contribution >= 4 is 11.7 Å². The van der Waals surface area contributed by atoms with Crippen molar-refractivity contribution < 1.29 is 15.0 Å². The summed E-state index contributed by atoms with van der Waals surface area (Å²) in [7, 11) is 0. The lowest BCUT2D eigenvalue weighted by molar-refractivity contribution is 0.0695. The van der Waals surface area contributed by atoms with Gasteiger partial charge in [-0.3, -0.25) is 0 Å². The van der Waals surface area contributed by atoms with E-state index in [-0.39, 0.29) is 11.3 Å². The van der Waals surface area contributed by atoms with Crippen molar-refractivity contribution in [3.8, 4) is 0 Å². The molecule has 0 unspecified atom stereocenters. The van der Waals surface area contributed by atoms with Gasteiger partial charge in [0.1, 0.15) is 5.76 Å². The number of aliphatic hydroxyl groups is 1. The number of carbonyl (C=O) groups is 1. The highest BCUT2D eigenvalue weighted by molar-refractivity contribution is 5.95. The van der Waals surface area contributed by atoms with Gasteiger partial charge < -0.3 is 10.2 Å². The predicted octanol–water partition coefficient (Wildman–Crippen LogP) is 2.53. The Kier molecular flexibility index (Phi) is 2.60. The van der Waals surface area contributed by atoms with Gasteiger partial charge in [0, 0.05) is 5.56 Å². The topological polar surface area (TPSA) is 57.5 Å². The van der Waals surface area contributed by atoms with E-state index < -0.39 is 5.97 Å². The Morgan fingerprint density at radius 3 is 1.86 bits per heavy atom. The van der Waals surface area contributed by atoms with Crippen molar-refractivity contribution in [2.45, 2.75) is 13.8 Å². The maximum absolute atomic E-state index is 10.9. The van der Waals surface area contributed by atoms with E-state index in [1.165, 1.54) is 0 Å². The minimum absolute atomic E-state index is 0.123. The number of aryl methyl sites for hydroxylation is 2. The lowest BCUT2D eigenvalue weighted by atomic mass is 9.96. The average molecular weight is 192 g/mol. The van der Waals surface area contributed by atoms with E-state index in [1.54, 1.807) is 26.0 Å². The van der Waals surface area contributed by atoms with Gasteiger partial charge in [-0.15, -0.1) is 0 Å². The Bertz CT molecular complexity index is 366. The number of hydrogen-bond acceptors (Lipinski definition) is 2. The van der Waals surface area contributed by atoms with Gasteiger partial charge in [-0.1, -0.05) is 18.7 Å². The van der Waals surface area contributed by atoms with Crippen LogP contribution in [0.2, 0.25) is 0 Å². The third-order valence-electron chi connectivity index (χ3n) is 2.12. The van der Waals surface area contributed by atoms with Gasteiger partial charge in [-0.05, 0) is 25.0 Å². The van der Waals surface area contributed by atoms with Crippen LogP contribution in [0, 0.1) is 13.8 Å². The molecule has 74 valence electrons. The molecule has 0 heterocycles. The second kappa shape index (κ2) is 3.54. The molecule has 0 aliphatic rings. The number of aliphatic hydroxyl groups excluding tert-OH is 1. The lowest BCUT2D eigenvalue weighted by Gasteiger charge is -2.10. The van der Waals surface area contributed by atoms with Gasteiger partial charge >= 0.3 is 5.97 Å². The second-order valence-corrected chi connectivity index (χ2v) is 3.20. The first-order valence-electron chi connectivity index (χ1n) is 4.17. The molecule has 0 aliphatic heterocycles. The first kappa shape index (κ1) is 10.3. The molecule has 14 heavy (non-hydrogen) atoms. The summed E-state index contributed by atoms with van der Waals surface area (Å²) in [6.07, 6.45) is 0. The van der Waals surface area contributed by atoms with Crippen molar-refractivity contribution in [3.05, 3.63) is 41.0 Å². The van der Waals surface area contributed by atoms with Crippen LogP contribution >= 0.6 is 0 Å². The third-order valence-corrected chi connectivity index (χ3v) is 2.12. The zero-order valence-corrected chi connectivity index (χ0v) is 8.16. The van der Waals surface area contributed by atoms with E-state index in [9.17, 15) is 9.90 Å². The smallest absolute Gasteiger partial charge is 0.336 e. The molecule has 1 rings (SSSR count). The van der Waals surface area contributed by atoms with Gasteiger partial charge in [-0.2, -0.15) is 0 Å². The van der Waals surface area contributed by atoms with Gasteiger partial charge in [0.05, 0.1) is 5.56 Å². The minimum atomic E-state index is -1.04. The van der Waals surface area contributed by atoms with Crippen LogP contribution in [0.25, 0.3) is 5.76 Å². The lowest BCUT2D eigenvalue weighted by Crippen LogP contribution is -2.06. The molecule has 0 fully saturated rings. The highest BCUT2D eigenvalue weighted by Gasteiger charge is 2.16. The van der Waals surface area contributed by atoms with Gasteiger partial charge in [0.25, 0.3) is 0 Å². The van der Waals surface area contributed by atoms with Crippen LogP contribution in [0.4, 0.5) is 0 Å². The molecule has 0 atom stereocenters. The molecule has 0 aliphatic carbocycles. The van der Waals surface area contributed by atoms with Crippen LogP contribution in [0.1, 0.15) is 27.0 Å². The number of benzene rings is 1. The first-order valence-corrected chi connectivity index (χ1v) is 4.17. The summed E-state index contributed by atoms with van der Waals surface area (Å²) in [5.41, 5.74) is 1.77. The number of aromatic carboxylic acids is 1. The number of hydrogen-bond donors (Lipinski definition) is 2. The Morgan fingerprint density at radius 2 is 1.57 bits per heavy atom.